The molecule has 0 aromatic carbocycles. The van der Waals surface area contributed by atoms with Crippen LogP contribution in [0.25, 0.3) is 0 Å². The van der Waals surface area contributed by atoms with Gasteiger partial charge in [0.2, 0.25) is 0 Å². The summed E-state index contributed by atoms with van der Waals surface area (Å²) < 4.78 is 16.2. The lowest BCUT2D eigenvalue weighted by molar-refractivity contribution is -0.151. The maximum atomic E-state index is 12.1. The summed E-state index contributed by atoms with van der Waals surface area (Å²) in [6.45, 7) is 9.58. The summed E-state index contributed by atoms with van der Waals surface area (Å²) in [5.41, 5.74) is -0.608. The summed E-state index contributed by atoms with van der Waals surface area (Å²) in [5.74, 6) is -0.436. The van der Waals surface area contributed by atoms with Crippen LogP contribution in [0.2, 0.25) is 0 Å². The molecule has 3 atom stereocenters. The van der Waals surface area contributed by atoms with Crippen molar-refractivity contribution in [3.63, 3.8) is 0 Å². The molecule has 0 bridgehead atoms. The van der Waals surface area contributed by atoms with E-state index in [0.29, 0.717) is 19.4 Å². The maximum absolute atomic E-state index is 12.1. The molecule has 1 rings (SSSR count). The molecule has 1 N–H and O–H groups in total. The van der Waals surface area contributed by atoms with E-state index in [9.17, 15) is 9.59 Å². The highest BCUT2D eigenvalue weighted by molar-refractivity contribution is 5.81. The third kappa shape index (κ3) is 6.80. The highest BCUT2D eigenvalue weighted by Gasteiger charge is 2.29. The summed E-state index contributed by atoms with van der Waals surface area (Å²) in [4.78, 5) is 23.9. The zero-order chi connectivity index (χ0) is 16.0. The minimum absolute atomic E-state index is 0.0769. The first-order valence-corrected chi connectivity index (χ1v) is 7.53. The van der Waals surface area contributed by atoms with Crippen LogP contribution in [0, 0.1) is 0 Å². The molecule has 0 saturated carbocycles. The molecule has 122 valence electrons. The number of carbonyl (C=O) groups excluding carboxylic acids is 2. The Kier molecular flexibility index (Phi) is 6.45. The van der Waals surface area contributed by atoms with E-state index in [0.717, 1.165) is 6.42 Å². The Hall–Kier alpha value is -1.30. The van der Waals surface area contributed by atoms with Gasteiger partial charge in [0, 0.05) is 19.4 Å². The van der Waals surface area contributed by atoms with Gasteiger partial charge in [-0.25, -0.2) is 9.59 Å². The van der Waals surface area contributed by atoms with Crippen molar-refractivity contribution in [3.05, 3.63) is 0 Å². The van der Waals surface area contributed by atoms with Crippen LogP contribution in [0.1, 0.15) is 53.9 Å². The topological polar surface area (TPSA) is 73.9 Å². The fourth-order valence-electron chi connectivity index (χ4n) is 2.10. The average Bonchev–Trinajstić information content (AvgIpc) is 2.38. The number of ether oxygens (including phenoxy) is 3. The Balaban J connectivity index is 2.63. The summed E-state index contributed by atoms with van der Waals surface area (Å²) >= 11 is 0. The normalized spacial score (nSPS) is 27.9. The fourth-order valence-corrected chi connectivity index (χ4v) is 2.10. The standard InChI is InChI=1S/C15H27NO5/c1-6-11-9-10(2)20-13(17)12(7-8-19-11)16-14(18)21-15(3,4)5/h10-12H,6-9H2,1-5H3,(H,16,18)/t10?,11?,12-/m0/s1. The molecule has 0 spiro atoms. The van der Waals surface area contributed by atoms with Crippen LogP contribution >= 0.6 is 0 Å². The zero-order valence-electron chi connectivity index (χ0n) is 13.6. The number of esters is 1. The molecule has 6 heteroatoms. The van der Waals surface area contributed by atoms with E-state index in [2.05, 4.69) is 5.32 Å². The van der Waals surface area contributed by atoms with Gasteiger partial charge in [0.15, 0.2) is 0 Å². The number of cyclic esters (lactones) is 1. The summed E-state index contributed by atoms with van der Waals surface area (Å²) in [5, 5.41) is 2.56. The second-order valence-corrected chi connectivity index (χ2v) is 6.37. The smallest absolute Gasteiger partial charge is 0.408 e. The molecular formula is C15H27NO5. The Labute approximate surface area is 126 Å². The summed E-state index contributed by atoms with van der Waals surface area (Å²) in [7, 11) is 0. The van der Waals surface area contributed by atoms with E-state index in [1.54, 1.807) is 20.8 Å². The average molecular weight is 301 g/mol. The second-order valence-electron chi connectivity index (χ2n) is 6.37. The van der Waals surface area contributed by atoms with Crippen molar-refractivity contribution < 1.29 is 23.8 Å². The molecule has 1 amide bonds. The molecule has 1 heterocycles. The number of carbonyl (C=O) groups is 2. The Bertz CT molecular complexity index is 364. The van der Waals surface area contributed by atoms with Crippen LogP contribution in [0.4, 0.5) is 4.79 Å². The molecule has 6 nitrogen and oxygen atoms in total. The van der Waals surface area contributed by atoms with Gasteiger partial charge < -0.3 is 19.5 Å². The first-order valence-electron chi connectivity index (χ1n) is 7.53. The largest absolute Gasteiger partial charge is 0.461 e. The molecule has 2 unspecified atom stereocenters. The minimum Gasteiger partial charge on any atom is -0.461 e. The Morgan fingerprint density at radius 2 is 2.10 bits per heavy atom. The summed E-state index contributed by atoms with van der Waals surface area (Å²) in [6, 6.07) is -0.738. The molecule has 0 aliphatic carbocycles. The van der Waals surface area contributed by atoms with E-state index in [4.69, 9.17) is 14.2 Å². The highest BCUT2D eigenvalue weighted by atomic mass is 16.6. The number of nitrogens with one attached hydrogen (secondary N) is 1. The first-order chi connectivity index (χ1) is 9.71. The minimum atomic E-state index is -0.738. The van der Waals surface area contributed by atoms with Crippen molar-refractivity contribution >= 4 is 12.1 Å². The van der Waals surface area contributed by atoms with Crippen LogP contribution in [0.15, 0.2) is 0 Å². The number of alkyl carbamates (subject to hydrolysis) is 1. The molecule has 0 aromatic heterocycles. The van der Waals surface area contributed by atoms with Crippen LogP contribution in [-0.4, -0.2) is 42.5 Å². The zero-order valence-corrected chi connectivity index (χ0v) is 13.6. The van der Waals surface area contributed by atoms with Crippen LogP contribution < -0.4 is 5.32 Å². The van der Waals surface area contributed by atoms with E-state index in [1.807, 2.05) is 13.8 Å². The number of hydrogen-bond acceptors (Lipinski definition) is 5. The predicted octanol–water partition coefficient (Wildman–Crippen LogP) is 2.40. The van der Waals surface area contributed by atoms with Gasteiger partial charge in [0.25, 0.3) is 0 Å². The number of amides is 1. The highest BCUT2D eigenvalue weighted by Crippen LogP contribution is 2.15. The van der Waals surface area contributed by atoms with E-state index < -0.39 is 23.7 Å². The number of rotatable bonds is 2. The molecule has 1 aliphatic heterocycles. The quantitative estimate of drug-likeness (QED) is 0.793. The van der Waals surface area contributed by atoms with Crippen molar-refractivity contribution in [2.75, 3.05) is 6.61 Å². The molecule has 21 heavy (non-hydrogen) atoms. The van der Waals surface area contributed by atoms with Crippen molar-refractivity contribution in [3.8, 4) is 0 Å². The van der Waals surface area contributed by atoms with Crippen molar-refractivity contribution in [2.45, 2.75) is 77.7 Å². The lowest BCUT2D eigenvalue weighted by Gasteiger charge is -2.23. The van der Waals surface area contributed by atoms with Crippen LogP contribution in [0.5, 0.6) is 0 Å². The van der Waals surface area contributed by atoms with Crippen LogP contribution in [-0.2, 0) is 19.0 Å². The van der Waals surface area contributed by atoms with Gasteiger partial charge in [-0.2, -0.15) is 0 Å². The monoisotopic (exact) mass is 301 g/mol. The third-order valence-electron chi connectivity index (χ3n) is 3.10. The third-order valence-corrected chi connectivity index (χ3v) is 3.10. The van der Waals surface area contributed by atoms with Crippen molar-refractivity contribution in [2.24, 2.45) is 0 Å². The molecule has 0 radical (unpaired) electrons. The Morgan fingerprint density at radius 1 is 1.43 bits per heavy atom. The van der Waals surface area contributed by atoms with Crippen LogP contribution in [0.3, 0.4) is 0 Å². The van der Waals surface area contributed by atoms with Gasteiger partial charge in [-0.1, -0.05) is 6.92 Å². The lowest BCUT2D eigenvalue weighted by Crippen LogP contribution is -2.45. The molecule has 1 fully saturated rings. The summed E-state index contributed by atoms with van der Waals surface area (Å²) in [6.07, 6.45) is 1.13. The molecular weight excluding hydrogens is 274 g/mol. The van der Waals surface area contributed by atoms with Gasteiger partial charge in [0.1, 0.15) is 17.7 Å². The SMILES string of the molecule is CCC1CC(C)OC(=O)[C@@H](NC(=O)OC(C)(C)C)CCO1. The van der Waals surface area contributed by atoms with Crippen molar-refractivity contribution in [1.82, 2.24) is 5.32 Å². The van der Waals surface area contributed by atoms with Gasteiger partial charge in [-0.05, 0) is 34.1 Å². The first kappa shape index (κ1) is 17.8. The van der Waals surface area contributed by atoms with Crippen molar-refractivity contribution in [1.29, 1.82) is 0 Å². The van der Waals surface area contributed by atoms with Gasteiger partial charge in [0.05, 0.1) is 6.10 Å². The molecule has 0 aromatic rings. The van der Waals surface area contributed by atoms with E-state index >= 15 is 0 Å². The predicted molar refractivity (Wildman–Crippen MR) is 78.0 cm³/mol. The van der Waals surface area contributed by atoms with Gasteiger partial charge in [-0.3, -0.25) is 0 Å². The van der Waals surface area contributed by atoms with Gasteiger partial charge in [-0.15, -0.1) is 0 Å². The maximum Gasteiger partial charge on any atom is 0.408 e. The van der Waals surface area contributed by atoms with E-state index in [1.165, 1.54) is 0 Å². The molecule has 1 aliphatic rings. The Morgan fingerprint density at radius 3 is 2.67 bits per heavy atom. The lowest BCUT2D eigenvalue weighted by atomic mass is 10.1. The van der Waals surface area contributed by atoms with E-state index in [-0.39, 0.29) is 12.2 Å². The fraction of sp³-hybridized carbons (Fsp3) is 0.867. The van der Waals surface area contributed by atoms with Gasteiger partial charge >= 0.3 is 12.1 Å². The number of hydrogen-bond donors (Lipinski definition) is 1. The molecule has 1 saturated heterocycles. The second kappa shape index (κ2) is 7.64.